The molecule has 0 fully saturated rings. The van der Waals surface area contributed by atoms with Crippen LogP contribution < -0.4 is 0 Å². The average molecular weight is 252 g/mol. The molecule has 1 unspecified atom stereocenters. The van der Waals surface area contributed by atoms with E-state index < -0.39 is 11.6 Å². The summed E-state index contributed by atoms with van der Waals surface area (Å²) in [6.07, 6.45) is 0. The minimum absolute atomic E-state index is 0.0553. The zero-order chi connectivity index (χ0) is 13.7. The zero-order valence-corrected chi connectivity index (χ0v) is 11.0. The maximum absolute atomic E-state index is 13.0. The van der Waals surface area contributed by atoms with Crippen LogP contribution in [0.15, 0.2) is 18.2 Å². The van der Waals surface area contributed by atoms with E-state index in [0.717, 1.165) is 6.07 Å². The Morgan fingerprint density at radius 2 is 1.94 bits per heavy atom. The van der Waals surface area contributed by atoms with Gasteiger partial charge in [0.15, 0.2) is 11.6 Å². The normalized spacial score (nSPS) is 12.8. The first-order chi connectivity index (χ1) is 8.43. The van der Waals surface area contributed by atoms with Gasteiger partial charge in [0.05, 0.1) is 12.0 Å². The number of hydrogen-bond acceptors (Lipinski definition) is 2. The van der Waals surface area contributed by atoms with Crippen LogP contribution in [0.3, 0.4) is 0 Å². The zero-order valence-electron chi connectivity index (χ0n) is 11.0. The summed E-state index contributed by atoms with van der Waals surface area (Å²) < 4.78 is 25.8. The Labute approximate surface area is 107 Å². The number of nitrogens with zero attached hydrogens (tertiary/aromatic N) is 2. The largest absolute Gasteiger partial charge is 0.301 e. The predicted molar refractivity (Wildman–Crippen MR) is 66.6 cm³/mol. The van der Waals surface area contributed by atoms with Crippen LogP contribution in [0.25, 0.3) is 0 Å². The van der Waals surface area contributed by atoms with Crippen LogP contribution in [-0.2, 0) is 6.54 Å². The maximum Gasteiger partial charge on any atom is 0.159 e. The van der Waals surface area contributed by atoms with Gasteiger partial charge in [-0.3, -0.25) is 0 Å². The molecule has 0 aliphatic rings. The van der Waals surface area contributed by atoms with Gasteiger partial charge in [-0.2, -0.15) is 5.26 Å². The van der Waals surface area contributed by atoms with E-state index in [1.165, 1.54) is 6.07 Å². The van der Waals surface area contributed by atoms with Gasteiger partial charge in [-0.1, -0.05) is 19.9 Å². The predicted octanol–water partition coefficient (Wildman–Crippen LogP) is 3.19. The first-order valence-electron chi connectivity index (χ1n) is 5.96. The lowest BCUT2D eigenvalue weighted by atomic mass is 9.97. The van der Waals surface area contributed by atoms with Crippen molar-refractivity contribution in [1.29, 1.82) is 5.26 Å². The SMILES string of the molecule is CC(C)C(C#N)CN(C)Cc1ccc(F)c(F)c1. The molecule has 4 heteroatoms. The Hall–Kier alpha value is -1.47. The summed E-state index contributed by atoms with van der Waals surface area (Å²) in [6, 6.07) is 6.15. The molecule has 0 radical (unpaired) electrons. The van der Waals surface area contributed by atoms with E-state index in [4.69, 9.17) is 5.26 Å². The van der Waals surface area contributed by atoms with Crippen molar-refractivity contribution < 1.29 is 8.78 Å². The van der Waals surface area contributed by atoms with E-state index >= 15 is 0 Å². The summed E-state index contributed by atoms with van der Waals surface area (Å²) in [6.45, 7) is 5.12. The molecule has 0 aromatic heterocycles. The van der Waals surface area contributed by atoms with Gasteiger partial charge in [0.25, 0.3) is 0 Å². The molecule has 2 nitrogen and oxygen atoms in total. The summed E-state index contributed by atoms with van der Waals surface area (Å²) in [5.41, 5.74) is 0.705. The summed E-state index contributed by atoms with van der Waals surface area (Å²) in [7, 11) is 1.87. The Balaban J connectivity index is 2.62. The van der Waals surface area contributed by atoms with Gasteiger partial charge in [-0.15, -0.1) is 0 Å². The molecule has 0 bridgehead atoms. The molecule has 18 heavy (non-hydrogen) atoms. The molecule has 0 saturated heterocycles. The van der Waals surface area contributed by atoms with Crippen LogP contribution in [0.5, 0.6) is 0 Å². The molecule has 0 saturated carbocycles. The van der Waals surface area contributed by atoms with E-state index in [2.05, 4.69) is 6.07 Å². The summed E-state index contributed by atoms with van der Waals surface area (Å²) >= 11 is 0. The molecular formula is C14H18F2N2. The van der Waals surface area contributed by atoms with Crippen LogP contribution in [0.4, 0.5) is 8.78 Å². The van der Waals surface area contributed by atoms with Gasteiger partial charge in [0.2, 0.25) is 0 Å². The molecule has 1 aromatic carbocycles. The molecule has 98 valence electrons. The fourth-order valence-corrected chi connectivity index (χ4v) is 1.75. The van der Waals surface area contributed by atoms with Gasteiger partial charge < -0.3 is 4.90 Å². The van der Waals surface area contributed by atoms with Crippen molar-refractivity contribution in [2.75, 3.05) is 13.6 Å². The van der Waals surface area contributed by atoms with Gasteiger partial charge >= 0.3 is 0 Å². The fraction of sp³-hybridized carbons (Fsp3) is 0.500. The third-order valence-electron chi connectivity index (χ3n) is 2.92. The Morgan fingerprint density at radius 3 is 2.44 bits per heavy atom. The average Bonchev–Trinajstić information content (AvgIpc) is 2.30. The van der Waals surface area contributed by atoms with Crippen molar-refractivity contribution in [2.24, 2.45) is 11.8 Å². The molecule has 0 aliphatic heterocycles. The lowest BCUT2D eigenvalue weighted by Crippen LogP contribution is -2.27. The summed E-state index contributed by atoms with van der Waals surface area (Å²) in [5.74, 6) is -1.44. The van der Waals surface area contributed by atoms with Crippen LogP contribution in [0, 0.1) is 34.8 Å². The van der Waals surface area contributed by atoms with Gasteiger partial charge in [-0.05, 0) is 30.7 Å². The quantitative estimate of drug-likeness (QED) is 0.804. The summed E-state index contributed by atoms with van der Waals surface area (Å²) in [4.78, 5) is 1.95. The van der Waals surface area contributed by atoms with Crippen molar-refractivity contribution in [2.45, 2.75) is 20.4 Å². The smallest absolute Gasteiger partial charge is 0.159 e. The highest BCUT2D eigenvalue weighted by molar-refractivity contribution is 5.17. The Morgan fingerprint density at radius 1 is 1.28 bits per heavy atom. The molecule has 0 aliphatic carbocycles. The number of rotatable bonds is 5. The van der Waals surface area contributed by atoms with Crippen LogP contribution >= 0.6 is 0 Å². The highest BCUT2D eigenvalue weighted by atomic mass is 19.2. The molecule has 1 aromatic rings. The van der Waals surface area contributed by atoms with Crippen LogP contribution in [0.2, 0.25) is 0 Å². The molecule has 0 N–H and O–H groups in total. The minimum atomic E-state index is -0.835. The third-order valence-corrected chi connectivity index (χ3v) is 2.92. The third kappa shape index (κ3) is 4.08. The van der Waals surface area contributed by atoms with E-state index in [1.54, 1.807) is 6.07 Å². The molecule has 0 amide bonds. The fourth-order valence-electron chi connectivity index (χ4n) is 1.75. The minimum Gasteiger partial charge on any atom is -0.301 e. The van der Waals surface area contributed by atoms with Crippen molar-refractivity contribution >= 4 is 0 Å². The second-order valence-corrected chi connectivity index (χ2v) is 4.92. The van der Waals surface area contributed by atoms with Crippen molar-refractivity contribution in [1.82, 2.24) is 4.90 Å². The molecular weight excluding hydrogens is 234 g/mol. The van der Waals surface area contributed by atoms with E-state index in [1.807, 2.05) is 25.8 Å². The summed E-state index contributed by atoms with van der Waals surface area (Å²) in [5, 5.41) is 9.01. The second kappa shape index (κ2) is 6.46. The second-order valence-electron chi connectivity index (χ2n) is 4.92. The first-order valence-corrected chi connectivity index (χ1v) is 5.96. The topological polar surface area (TPSA) is 27.0 Å². The van der Waals surface area contributed by atoms with Gasteiger partial charge in [-0.25, -0.2) is 8.78 Å². The highest BCUT2D eigenvalue weighted by Crippen LogP contribution is 2.14. The monoisotopic (exact) mass is 252 g/mol. The lowest BCUT2D eigenvalue weighted by Gasteiger charge is -2.22. The number of nitriles is 1. The molecule has 1 rings (SSSR count). The van der Waals surface area contributed by atoms with Crippen molar-refractivity contribution in [3.63, 3.8) is 0 Å². The number of benzene rings is 1. The highest BCUT2D eigenvalue weighted by Gasteiger charge is 2.15. The van der Waals surface area contributed by atoms with E-state index in [0.29, 0.717) is 18.7 Å². The Bertz CT molecular complexity index is 438. The molecule has 0 spiro atoms. The van der Waals surface area contributed by atoms with Crippen molar-refractivity contribution in [3.8, 4) is 6.07 Å². The van der Waals surface area contributed by atoms with Gasteiger partial charge in [0, 0.05) is 13.1 Å². The standard InChI is InChI=1S/C14H18F2N2/c1-10(2)12(7-17)9-18(3)8-11-4-5-13(15)14(16)6-11/h4-6,10,12H,8-9H2,1-3H3. The molecule has 1 atom stereocenters. The number of hydrogen-bond donors (Lipinski definition) is 0. The van der Waals surface area contributed by atoms with E-state index in [-0.39, 0.29) is 11.8 Å². The maximum atomic E-state index is 13.0. The Kier molecular flexibility index (Phi) is 5.24. The lowest BCUT2D eigenvalue weighted by molar-refractivity contribution is 0.265. The van der Waals surface area contributed by atoms with Gasteiger partial charge in [0.1, 0.15) is 0 Å². The first kappa shape index (κ1) is 14.6. The van der Waals surface area contributed by atoms with Crippen molar-refractivity contribution in [3.05, 3.63) is 35.4 Å². The molecule has 0 heterocycles. The van der Waals surface area contributed by atoms with Crippen LogP contribution in [0.1, 0.15) is 19.4 Å². The number of halogens is 2. The van der Waals surface area contributed by atoms with E-state index in [9.17, 15) is 8.78 Å². The van der Waals surface area contributed by atoms with Crippen LogP contribution in [-0.4, -0.2) is 18.5 Å².